The Bertz CT molecular complexity index is 698. The van der Waals surface area contributed by atoms with Crippen molar-refractivity contribution >= 4 is 5.69 Å². The summed E-state index contributed by atoms with van der Waals surface area (Å²) in [5, 5.41) is 8.87. The monoisotopic (exact) mass is 274 g/mol. The third-order valence-electron chi connectivity index (χ3n) is 2.87. The van der Waals surface area contributed by atoms with Crippen LogP contribution in [0.4, 0.5) is 14.5 Å². The maximum absolute atomic E-state index is 13.7. The molecule has 2 aromatic rings. The van der Waals surface area contributed by atoms with Gasteiger partial charge in [0.1, 0.15) is 5.75 Å². The van der Waals surface area contributed by atoms with Crippen molar-refractivity contribution in [2.24, 2.45) is 0 Å². The molecule has 0 saturated carbocycles. The van der Waals surface area contributed by atoms with Gasteiger partial charge < -0.3 is 10.5 Å². The van der Waals surface area contributed by atoms with Gasteiger partial charge in [0, 0.05) is 0 Å². The highest BCUT2D eigenvalue weighted by atomic mass is 19.2. The van der Waals surface area contributed by atoms with Crippen molar-refractivity contribution < 1.29 is 13.5 Å². The summed E-state index contributed by atoms with van der Waals surface area (Å²) in [6.07, 6.45) is 0. The van der Waals surface area contributed by atoms with Gasteiger partial charge in [0.25, 0.3) is 0 Å². The lowest BCUT2D eigenvalue weighted by Gasteiger charge is -2.14. The maximum Gasteiger partial charge on any atom is 0.203 e. The number of halogens is 2. The lowest BCUT2D eigenvalue weighted by atomic mass is 10.1. The quantitative estimate of drug-likeness (QED) is 0.847. The lowest BCUT2D eigenvalue weighted by Crippen LogP contribution is -2.00. The first-order valence-corrected chi connectivity index (χ1v) is 5.86. The van der Waals surface area contributed by atoms with Crippen LogP contribution >= 0.6 is 0 Å². The summed E-state index contributed by atoms with van der Waals surface area (Å²) < 4.78 is 32.4. The zero-order chi connectivity index (χ0) is 14.9. The molecule has 2 N–H and O–H groups in total. The Hall–Kier alpha value is -2.61. The van der Waals surface area contributed by atoms with E-state index in [1.54, 1.807) is 26.0 Å². The zero-order valence-corrected chi connectivity index (χ0v) is 11.0. The summed E-state index contributed by atoms with van der Waals surface area (Å²) in [6.45, 7) is 3.44. The normalized spacial score (nSPS) is 10.2. The number of nitrogen functional groups attached to an aromatic ring is 1. The van der Waals surface area contributed by atoms with E-state index in [2.05, 4.69) is 0 Å². The molecular formula is C15H12F2N2O. The third kappa shape index (κ3) is 2.41. The number of aryl methyl sites for hydroxylation is 2. The van der Waals surface area contributed by atoms with Crippen molar-refractivity contribution in [2.75, 3.05) is 5.73 Å². The van der Waals surface area contributed by atoms with Gasteiger partial charge in [-0.25, -0.2) is 4.39 Å². The molecule has 0 fully saturated rings. The van der Waals surface area contributed by atoms with Crippen LogP contribution in [0.1, 0.15) is 16.7 Å². The van der Waals surface area contributed by atoms with Gasteiger partial charge in [-0.15, -0.1) is 0 Å². The molecule has 20 heavy (non-hydrogen) atoms. The Morgan fingerprint density at radius 3 is 2.25 bits per heavy atom. The molecule has 5 heteroatoms. The van der Waals surface area contributed by atoms with Gasteiger partial charge in [0.15, 0.2) is 11.6 Å². The molecule has 0 atom stereocenters. The van der Waals surface area contributed by atoms with Crippen LogP contribution < -0.4 is 10.5 Å². The van der Waals surface area contributed by atoms with Crippen molar-refractivity contribution in [3.8, 4) is 17.6 Å². The average molecular weight is 274 g/mol. The number of hydrogen-bond donors (Lipinski definition) is 1. The lowest BCUT2D eigenvalue weighted by molar-refractivity contribution is 0.414. The molecule has 0 aromatic heterocycles. The average Bonchev–Trinajstić information content (AvgIpc) is 2.41. The van der Waals surface area contributed by atoms with Crippen LogP contribution in [-0.2, 0) is 0 Å². The minimum atomic E-state index is -1.13. The molecule has 0 aliphatic rings. The standard InChI is InChI=1S/C15H12F2N2O/c1-8-5-10(7-18)6-9(2)14(8)20-15-12(19)4-3-11(16)13(15)17/h3-6H,19H2,1-2H3. The Morgan fingerprint density at radius 1 is 1.10 bits per heavy atom. The number of hydrogen-bond acceptors (Lipinski definition) is 3. The van der Waals surface area contributed by atoms with Gasteiger partial charge >= 0.3 is 0 Å². The molecule has 0 saturated heterocycles. The molecule has 0 amide bonds. The fraction of sp³-hybridized carbons (Fsp3) is 0.133. The minimum Gasteiger partial charge on any atom is -0.451 e. The van der Waals surface area contributed by atoms with E-state index in [9.17, 15) is 8.78 Å². The molecule has 0 radical (unpaired) electrons. The van der Waals surface area contributed by atoms with E-state index >= 15 is 0 Å². The number of rotatable bonds is 2. The number of ether oxygens (including phenoxy) is 1. The van der Waals surface area contributed by atoms with Crippen molar-refractivity contribution in [1.82, 2.24) is 0 Å². The first-order valence-electron chi connectivity index (χ1n) is 5.86. The van der Waals surface area contributed by atoms with Gasteiger partial charge in [-0.05, 0) is 49.2 Å². The van der Waals surface area contributed by atoms with Crippen molar-refractivity contribution in [1.29, 1.82) is 5.26 Å². The minimum absolute atomic E-state index is 0.00654. The second-order valence-corrected chi connectivity index (χ2v) is 4.43. The predicted octanol–water partition coefficient (Wildman–Crippen LogP) is 3.83. The topological polar surface area (TPSA) is 59.0 Å². The summed E-state index contributed by atoms with van der Waals surface area (Å²) in [5.41, 5.74) is 7.38. The Kier molecular flexibility index (Phi) is 3.57. The summed E-state index contributed by atoms with van der Waals surface area (Å²) in [4.78, 5) is 0. The molecule has 0 heterocycles. The smallest absolute Gasteiger partial charge is 0.203 e. The van der Waals surface area contributed by atoms with Crippen LogP contribution in [0.2, 0.25) is 0 Å². The molecule has 0 unspecified atom stereocenters. The summed E-state index contributed by atoms with van der Waals surface area (Å²) in [6, 6.07) is 7.41. The van der Waals surface area contributed by atoms with Gasteiger partial charge in [-0.3, -0.25) is 0 Å². The van der Waals surface area contributed by atoms with E-state index in [0.29, 0.717) is 22.4 Å². The Morgan fingerprint density at radius 2 is 1.70 bits per heavy atom. The fourth-order valence-corrected chi connectivity index (χ4v) is 1.93. The van der Waals surface area contributed by atoms with Gasteiger partial charge in [-0.2, -0.15) is 9.65 Å². The van der Waals surface area contributed by atoms with Crippen LogP contribution in [0, 0.1) is 36.8 Å². The van der Waals surface area contributed by atoms with Crippen LogP contribution in [0.5, 0.6) is 11.5 Å². The number of nitriles is 1. The predicted molar refractivity (Wildman–Crippen MR) is 71.5 cm³/mol. The van der Waals surface area contributed by atoms with Gasteiger partial charge in [0.2, 0.25) is 5.82 Å². The van der Waals surface area contributed by atoms with Gasteiger partial charge in [-0.1, -0.05) is 0 Å². The molecule has 3 nitrogen and oxygen atoms in total. The fourth-order valence-electron chi connectivity index (χ4n) is 1.93. The molecule has 0 aliphatic heterocycles. The van der Waals surface area contributed by atoms with Crippen LogP contribution in [0.25, 0.3) is 0 Å². The highest BCUT2D eigenvalue weighted by Gasteiger charge is 2.16. The molecule has 2 rings (SSSR count). The van der Waals surface area contributed by atoms with E-state index in [0.717, 1.165) is 6.07 Å². The van der Waals surface area contributed by atoms with E-state index in [1.165, 1.54) is 6.07 Å². The Labute approximate surface area is 115 Å². The summed E-state index contributed by atoms with van der Waals surface area (Å²) in [5.74, 6) is -2.15. The van der Waals surface area contributed by atoms with Crippen molar-refractivity contribution in [3.63, 3.8) is 0 Å². The number of benzene rings is 2. The van der Waals surface area contributed by atoms with Gasteiger partial charge in [0.05, 0.1) is 17.3 Å². The van der Waals surface area contributed by atoms with E-state index in [4.69, 9.17) is 15.7 Å². The molecular weight excluding hydrogens is 262 g/mol. The van der Waals surface area contributed by atoms with E-state index < -0.39 is 11.6 Å². The largest absolute Gasteiger partial charge is 0.451 e. The van der Waals surface area contributed by atoms with Crippen molar-refractivity contribution in [2.45, 2.75) is 13.8 Å². The molecule has 0 bridgehead atoms. The molecule has 2 aromatic carbocycles. The third-order valence-corrected chi connectivity index (χ3v) is 2.87. The first-order chi connectivity index (χ1) is 9.43. The summed E-state index contributed by atoms with van der Waals surface area (Å²) >= 11 is 0. The Balaban J connectivity index is 2.52. The zero-order valence-electron chi connectivity index (χ0n) is 11.0. The van der Waals surface area contributed by atoms with Crippen molar-refractivity contribution in [3.05, 3.63) is 52.6 Å². The molecule has 0 aliphatic carbocycles. The molecule has 0 spiro atoms. The van der Waals surface area contributed by atoms with Crippen LogP contribution in [-0.4, -0.2) is 0 Å². The summed E-state index contributed by atoms with van der Waals surface area (Å²) in [7, 11) is 0. The first kappa shape index (κ1) is 13.8. The SMILES string of the molecule is Cc1cc(C#N)cc(C)c1Oc1c(N)ccc(F)c1F. The highest BCUT2D eigenvalue weighted by molar-refractivity contribution is 5.57. The second-order valence-electron chi connectivity index (χ2n) is 4.43. The number of anilines is 1. The second kappa shape index (κ2) is 5.17. The maximum atomic E-state index is 13.7. The number of nitrogens with two attached hydrogens (primary N) is 1. The van der Waals surface area contributed by atoms with Crippen LogP contribution in [0.3, 0.4) is 0 Å². The van der Waals surface area contributed by atoms with E-state index in [1.807, 2.05) is 6.07 Å². The molecule has 102 valence electrons. The highest BCUT2D eigenvalue weighted by Crippen LogP contribution is 2.35. The number of nitrogens with zero attached hydrogens (tertiary/aromatic N) is 1. The van der Waals surface area contributed by atoms with Crippen LogP contribution in [0.15, 0.2) is 24.3 Å². The van der Waals surface area contributed by atoms with E-state index in [-0.39, 0.29) is 11.4 Å².